The molecule has 8 heteroatoms. The van der Waals surface area contributed by atoms with Crippen LogP contribution in [0.4, 0.5) is 5.69 Å². The van der Waals surface area contributed by atoms with Crippen molar-refractivity contribution in [2.24, 2.45) is 0 Å². The lowest BCUT2D eigenvalue weighted by atomic mass is 10.0. The van der Waals surface area contributed by atoms with Crippen molar-refractivity contribution < 1.29 is 9.72 Å². The molecule has 0 aliphatic heterocycles. The minimum absolute atomic E-state index is 0.111. The Kier molecular flexibility index (Phi) is 5.45. The number of nitro groups is 1. The Bertz CT molecular complexity index is 1120. The number of rotatable bonds is 5. The molecule has 1 heterocycles. The van der Waals surface area contributed by atoms with Gasteiger partial charge in [-0.15, -0.1) is 0 Å². The summed E-state index contributed by atoms with van der Waals surface area (Å²) in [5, 5.41) is 11.1. The molecule has 3 rings (SSSR count). The Morgan fingerprint density at radius 2 is 1.86 bits per heavy atom. The lowest BCUT2D eigenvalue weighted by Crippen LogP contribution is -2.47. The molecule has 1 amide bonds. The summed E-state index contributed by atoms with van der Waals surface area (Å²) in [7, 11) is 0. The first-order chi connectivity index (χ1) is 13.7. The van der Waals surface area contributed by atoms with Crippen LogP contribution in [0.3, 0.4) is 0 Å². The zero-order valence-corrected chi connectivity index (χ0v) is 16.5. The molecule has 0 N–H and O–H groups in total. The summed E-state index contributed by atoms with van der Waals surface area (Å²) in [4.78, 5) is 42.2. The summed E-state index contributed by atoms with van der Waals surface area (Å²) >= 11 is 0. The van der Waals surface area contributed by atoms with Gasteiger partial charge in [-0.3, -0.25) is 24.3 Å². The van der Waals surface area contributed by atoms with Crippen LogP contribution in [-0.2, 0) is 17.9 Å². The lowest BCUT2D eigenvalue weighted by Gasteiger charge is -2.36. The van der Waals surface area contributed by atoms with Crippen LogP contribution >= 0.6 is 0 Å². The maximum absolute atomic E-state index is 13.1. The summed E-state index contributed by atoms with van der Waals surface area (Å²) in [6, 6.07) is 13.5. The van der Waals surface area contributed by atoms with E-state index in [1.54, 1.807) is 4.90 Å². The third-order valence-electron chi connectivity index (χ3n) is 4.62. The molecule has 0 aliphatic rings. The number of hydrogen-bond acceptors (Lipinski definition) is 5. The minimum atomic E-state index is -0.567. The molecule has 8 nitrogen and oxygen atoms in total. The molecule has 1 aromatic heterocycles. The monoisotopic (exact) mass is 394 g/mol. The van der Waals surface area contributed by atoms with Crippen molar-refractivity contribution in [2.45, 2.75) is 39.4 Å². The smallest absolute Gasteiger partial charge is 0.270 e. The first-order valence-electron chi connectivity index (χ1n) is 9.15. The van der Waals surface area contributed by atoms with E-state index in [2.05, 4.69) is 4.98 Å². The highest BCUT2D eigenvalue weighted by Gasteiger charge is 2.27. The van der Waals surface area contributed by atoms with Crippen molar-refractivity contribution in [2.75, 3.05) is 0 Å². The molecule has 29 heavy (non-hydrogen) atoms. The van der Waals surface area contributed by atoms with Gasteiger partial charge in [-0.2, -0.15) is 0 Å². The Morgan fingerprint density at radius 3 is 2.48 bits per heavy atom. The number of nitro benzene ring substituents is 1. The van der Waals surface area contributed by atoms with Crippen LogP contribution in [0.25, 0.3) is 10.9 Å². The lowest BCUT2D eigenvalue weighted by molar-refractivity contribution is -0.384. The number of benzene rings is 2. The summed E-state index contributed by atoms with van der Waals surface area (Å²) in [5.41, 5.74) is 0.192. The minimum Gasteiger partial charge on any atom is -0.332 e. The Balaban J connectivity index is 1.93. The van der Waals surface area contributed by atoms with Crippen molar-refractivity contribution >= 4 is 22.5 Å². The van der Waals surface area contributed by atoms with Crippen LogP contribution in [0.15, 0.2) is 59.7 Å². The van der Waals surface area contributed by atoms with E-state index in [-0.39, 0.29) is 23.5 Å². The van der Waals surface area contributed by atoms with Gasteiger partial charge >= 0.3 is 0 Å². The predicted octanol–water partition coefficient (Wildman–Crippen LogP) is 3.13. The van der Waals surface area contributed by atoms with Gasteiger partial charge in [0.25, 0.3) is 11.2 Å². The molecule has 0 spiro atoms. The van der Waals surface area contributed by atoms with Gasteiger partial charge in [0, 0.05) is 24.2 Å². The van der Waals surface area contributed by atoms with Crippen LogP contribution in [0.1, 0.15) is 26.3 Å². The van der Waals surface area contributed by atoms with Gasteiger partial charge in [0.1, 0.15) is 6.54 Å². The topological polar surface area (TPSA) is 98.3 Å². The Labute approximate surface area is 167 Å². The third-order valence-corrected chi connectivity index (χ3v) is 4.62. The number of hydrogen-bond donors (Lipinski definition) is 0. The van der Waals surface area contributed by atoms with E-state index < -0.39 is 16.0 Å². The molecule has 0 atom stereocenters. The zero-order valence-electron chi connectivity index (χ0n) is 16.5. The molecule has 0 fully saturated rings. The fourth-order valence-electron chi connectivity index (χ4n) is 3.07. The highest BCUT2D eigenvalue weighted by atomic mass is 16.6. The van der Waals surface area contributed by atoms with Crippen molar-refractivity contribution in [3.8, 4) is 0 Å². The zero-order chi connectivity index (χ0) is 21.2. The van der Waals surface area contributed by atoms with Gasteiger partial charge in [0.15, 0.2) is 0 Å². The number of nitrogens with zero attached hydrogens (tertiary/aromatic N) is 4. The quantitative estimate of drug-likeness (QED) is 0.489. The van der Waals surface area contributed by atoms with Crippen LogP contribution < -0.4 is 5.56 Å². The van der Waals surface area contributed by atoms with Crippen LogP contribution in [-0.4, -0.2) is 30.8 Å². The molecule has 2 aromatic carbocycles. The molecule has 150 valence electrons. The molecule has 0 saturated carbocycles. The number of carbonyl (C=O) groups is 1. The molecule has 0 radical (unpaired) electrons. The van der Waals surface area contributed by atoms with Crippen molar-refractivity contribution in [3.63, 3.8) is 0 Å². The van der Waals surface area contributed by atoms with E-state index in [0.29, 0.717) is 12.1 Å². The van der Waals surface area contributed by atoms with E-state index in [0.717, 1.165) is 5.56 Å². The largest absolute Gasteiger partial charge is 0.332 e. The van der Waals surface area contributed by atoms with Crippen LogP contribution in [0, 0.1) is 10.1 Å². The molecule has 0 aliphatic carbocycles. The molecule has 0 bridgehead atoms. The summed E-state index contributed by atoms with van der Waals surface area (Å²) in [6.45, 7) is 5.99. The molecular weight excluding hydrogens is 372 g/mol. The molecule has 0 unspecified atom stereocenters. The molecule has 0 saturated heterocycles. The third kappa shape index (κ3) is 4.48. The number of fused-ring (bicyclic) bond motifs is 1. The first kappa shape index (κ1) is 20.2. The maximum Gasteiger partial charge on any atom is 0.270 e. The van der Waals surface area contributed by atoms with E-state index in [1.807, 2.05) is 51.1 Å². The second kappa shape index (κ2) is 7.83. The van der Waals surface area contributed by atoms with Crippen LogP contribution in [0.5, 0.6) is 0 Å². The number of aromatic nitrogens is 2. The van der Waals surface area contributed by atoms with Gasteiger partial charge in [-0.25, -0.2) is 4.98 Å². The average Bonchev–Trinajstić information content (AvgIpc) is 2.68. The molecule has 3 aromatic rings. The summed E-state index contributed by atoms with van der Waals surface area (Å²) in [6.07, 6.45) is 1.30. The normalized spacial score (nSPS) is 11.4. The maximum atomic E-state index is 13.1. The fraction of sp³-hybridized carbons (Fsp3) is 0.286. The van der Waals surface area contributed by atoms with E-state index >= 15 is 0 Å². The van der Waals surface area contributed by atoms with Crippen molar-refractivity contribution in [1.29, 1.82) is 0 Å². The second-order valence-corrected chi connectivity index (χ2v) is 7.77. The van der Waals surface area contributed by atoms with Crippen molar-refractivity contribution in [3.05, 3.63) is 80.9 Å². The summed E-state index contributed by atoms with van der Waals surface area (Å²) in [5.74, 6) is -0.241. The predicted molar refractivity (Wildman–Crippen MR) is 109 cm³/mol. The molecular formula is C21H22N4O4. The van der Waals surface area contributed by atoms with E-state index in [9.17, 15) is 19.7 Å². The summed E-state index contributed by atoms with van der Waals surface area (Å²) < 4.78 is 1.19. The fourth-order valence-corrected chi connectivity index (χ4v) is 3.07. The van der Waals surface area contributed by atoms with Gasteiger partial charge in [-0.05, 0) is 32.4 Å². The number of non-ortho nitro benzene ring substituents is 1. The van der Waals surface area contributed by atoms with Crippen LogP contribution in [0.2, 0.25) is 0 Å². The Hall–Kier alpha value is -3.55. The Morgan fingerprint density at radius 1 is 1.17 bits per heavy atom. The number of carbonyl (C=O) groups excluding carboxylic acids is 1. The highest BCUT2D eigenvalue weighted by molar-refractivity contribution is 5.81. The average molecular weight is 394 g/mol. The SMILES string of the molecule is CC(C)(C)N(Cc1ccccc1)C(=O)Cn1cnc2ccc([N+](=O)[O-])cc2c1=O. The van der Waals surface area contributed by atoms with Gasteiger partial charge < -0.3 is 4.90 Å². The van der Waals surface area contributed by atoms with Gasteiger partial charge in [0.05, 0.1) is 22.2 Å². The first-order valence-corrected chi connectivity index (χ1v) is 9.15. The standard InChI is InChI=1S/C21H22N4O4/c1-21(2,3)24(12-15-7-5-4-6-8-15)19(26)13-23-14-22-18-10-9-16(25(28)29)11-17(18)20(23)27/h4-11,14H,12-13H2,1-3H3. The van der Waals surface area contributed by atoms with Crippen molar-refractivity contribution in [1.82, 2.24) is 14.5 Å². The highest BCUT2D eigenvalue weighted by Crippen LogP contribution is 2.19. The van der Waals surface area contributed by atoms with E-state index in [4.69, 9.17) is 0 Å². The van der Waals surface area contributed by atoms with Gasteiger partial charge in [-0.1, -0.05) is 30.3 Å². The van der Waals surface area contributed by atoms with E-state index in [1.165, 1.54) is 29.1 Å². The number of amides is 1. The second-order valence-electron chi connectivity index (χ2n) is 7.77. The van der Waals surface area contributed by atoms with Gasteiger partial charge in [0.2, 0.25) is 5.91 Å².